The highest BCUT2D eigenvalue weighted by atomic mass is 19.3. The minimum atomic E-state index is -4.42. The second-order valence-electron chi connectivity index (χ2n) is 4.53. The van der Waals surface area contributed by atoms with Crippen molar-refractivity contribution in [2.45, 2.75) is 18.8 Å². The van der Waals surface area contributed by atoms with Crippen LogP contribution in [0.15, 0.2) is 42.5 Å². The third-order valence-electron chi connectivity index (χ3n) is 2.65. The molecule has 23 heavy (non-hydrogen) atoms. The van der Waals surface area contributed by atoms with Gasteiger partial charge in [-0.15, -0.1) is 0 Å². The summed E-state index contributed by atoms with van der Waals surface area (Å²) in [5, 5.41) is 2.48. The van der Waals surface area contributed by atoms with Gasteiger partial charge >= 0.3 is 18.3 Å². The Morgan fingerprint density at radius 1 is 1.17 bits per heavy atom. The molecule has 0 radical (unpaired) electrons. The molecule has 4 nitrogen and oxygen atoms in total. The van der Waals surface area contributed by atoms with E-state index < -0.39 is 30.8 Å². The summed E-state index contributed by atoms with van der Waals surface area (Å²) in [5.74, 6) is -6.34. The highest BCUT2D eigenvalue weighted by molar-refractivity contribution is 5.94. The summed E-state index contributed by atoms with van der Waals surface area (Å²) in [7, 11) is 0. The van der Waals surface area contributed by atoms with Crippen LogP contribution < -0.4 is 5.32 Å². The molecule has 0 saturated carbocycles. The van der Waals surface area contributed by atoms with Crippen molar-refractivity contribution >= 4 is 11.9 Å². The lowest BCUT2D eigenvalue weighted by molar-refractivity contribution is -0.176. The largest absolute Gasteiger partial charge is 0.456 e. The Hall–Kier alpha value is -2.38. The van der Waals surface area contributed by atoms with Crippen LogP contribution in [0.2, 0.25) is 0 Å². The smallest absolute Gasteiger partial charge is 0.340 e. The highest BCUT2D eigenvalue weighted by Gasteiger charge is 2.42. The summed E-state index contributed by atoms with van der Waals surface area (Å²) in [6.07, 6.45) is -1.97. The SMILES string of the molecule is O=C(/C=C/C(=O)OCC(F)(F)C(F)F)NCCc1ccccc1. The molecule has 0 fully saturated rings. The summed E-state index contributed by atoms with van der Waals surface area (Å²) < 4.78 is 52.6. The number of esters is 1. The van der Waals surface area contributed by atoms with Gasteiger partial charge in [0, 0.05) is 18.7 Å². The van der Waals surface area contributed by atoms with Crippen molar-refractivity contribution in [3.63, 3.8) is 0 Å². The Morgan fingerprint density at radius 3 is 2.43 bits per heavy atom. The van der Waals surface area contributed by atoms with Gasteiger partial charge in [0.1, 0.15) is 0 Å². The zero-order valence-corrected chi connectivity index (χ0v) is 12.0. The number of alkyl halides is 4. The predicted octanol–water partition coefficient (Wildman–Crippen LogP) is 2.35. The topological polar surface area (TPSA) is 55.4 Å². The van der Waals surface area contributed by atoms with E-state index in [-0.39, 0.29) is 0 Å². The normalized spacial score (nSPS) is 11.7. The van der Waals surface area contributed by atoms with Gasteiger partial charge in [-0.2, -0.15) is 8.78 Å². The summed E-state index contributed by atoms with van der Waals surface area (Å²) >= 11 is 0. The van der Waals surface area contributed by atoms with Gasteiger partial charge < -0.3 is 10.1 Å². The minimum Gasteiger partial charge on any atom is -0.456 e. The summed E-state index contributed by atoms with van der Waals surface area (Å²) in [5.41, 5.74) is 1.01. The average Bonchev–Trinajstić information content (AvgIpc) is 2.52. The molecule has 0 unspecified atom stereocenters. The van der Waals surface area contributed by atoms with Gasteiger partial charge in [-0.05, 0) is 12.0 Å². The molecule has 0 aliphatic carbocycles. The summed E-state index contributed by atoms with van der Waals surface area (Å²) in [6, 6.07) is 9.31. The van der Waals surface area contributed by atoms with Crippen molar-refractivity contribution in [2.24, 2.45) is 0 Å². The maximum Gasteiger partial charge on any atom is 0.340 e. The van der Waals surface area contributed by atoms with E-state index in [4.69, 9.17) is 0 Å². The van der Waals surface area contributed by atoms with Gasteiger partial charge in [0.2, 0.25) is 5.91 Å². The van der Waals surface area contributed by atoms with Crippen molar-refractivity contribution in [3.05, 3.63) is 48.0 Å². The Kier molecular flexibility index (Phi) is 7.24. The highest BCUT2D eigenvalue weighted by Crippen LogP contribution is 2.22. The van der Waals surface area contributed by atoms with Crippen LogP contribution in [-0.2, 0) is 20.7 Å². The Bertz CT molecular complexity index is 547. The monoisotopic (exact) mass is 333 g/mol. The number of benzene rings is 1. The molecule has 0 bridgehead atoms. The van der Waals surface area contributed by atoms with Crippen LogP contribution in [0.1, 0.15) is 5.56 Å². The van der Waals surface area contributed by atoms with Gasteiger partial charge in [-0.25, -0.2) is 13.6 Å². The van der Waals surface area contributed by atoms with Crippen LogP contribution in [0.25, 0.3) is 0 Å². The van der Waals surface area contributed by atoms with E-state index in [2.05, 4.69) is 10.1 Å². The number of carbonyl (C=O) groups is 2. The molecule has 1 amide bonds. The Morgan fingerprint density at radius 2 is 1.83 bits per heavy atom. The molecule has 0 spiro atoms. The molecule has 1 aromatic carbocycles. The molecular weight excluding hydrogens is 318 g/mol. The number of hydrogen-bond acceptors (Lipinski definition) is 3. The number of carbonyl (C=O) groups excluding carboxylic acids is 2. The fourth-order valence-corrected chi connectivity index (χ4v) is 1.46. The van der Waals surface area contributed by atoms with Gasteiger partial charge in [0.25, 0.3) is 0 Å². The number of halogens is 4. The zero-order valence-electron chi connectivity index (χ0n) is 12.0. The van der Waals surface area contributed by atoms with Crippen molar-refractivity contribution in [3.8, 4) is 0 Å². The van der Waals surface area contributed by atoms with E-state index in [1.165, 1.54) is 0 Å². The van der Waals surface area contributed by atoms with Gasteiger partial charge in [-0.3, -0.25) is 4.79 Å². The first-order valence-electron chi connectivity index (χ1n) is 6.64. The molecule has 0 atom stereocenters. The van der Waals surface area contributed by atoms with E-state index in [0.29, 0.717) is 19.0 Å². The maximum absolute atomic E-state index is 12.5. The van der Waals surface area contributed by atoms with Crippen molar-refractivity contribution in [1.29, 1.82) is 0 Å². The molecule has 1 aromatic rings. The van der Waals surface area contributed by atoms with Crippen LogP contribution >= 0.6 is 0 Å². The first-order chi connectivity index (χ1) is 10.8. The number of rotatable bonds is 8. The minimum absolute atomic E-state index is 0.311. The third-order valence-corrected chi connectivity index (χ3v) is 2.65. The van der Waals surface area contributed by atoms with Crippen molar-refractivity contribution in [1.82, 2.24) is 5.32 Å². The Labute approximate surface area is 130 Å². The van der Waals surface area contributed by atoms with Crippen molar-refractivity contribution < 1.29 is 31.9 Å². The number of nitrogens with one attached hydrogen (secondary N) is 1. The molecule has 1 rings (SSSR count). The summed E-state index contributed by atoms with van der Waals surface area (Å²) in [4.78, 5) is 22.4. The molecule has 0 aliphatic rings. The summed E-state index contributed by atoms with van der Waals surface area (Å²) in [6.45, 7) is -1.44. The number of hydrogen-bond donors (Lipinski definition) is 1. The predicted molar refractivity (Wildman–Crippen MR) is 74.2 cm³/mol. The van der Waals surface area contributed by atoms with E-state index in [1.807, 2.05) is 30.3 Å². The standard InChI is InChI=1S/C15H15F4NO3/c16-14(17)15(18,19)10-23-13(22)7-6-12(21)20-9-8-11-4-2-1-3-5-11/h1-7,14H,8-10H2,(H,20,21)/b7-6+. The van der Waals surface area contributed by atoms with Gasteiger partial charge in [0.15, 0.2) is 6.61 Å². The molecule has 8 heteroatoms. The molecule has 0 aliphatic heterocycles. The van der Waals surface area contributed by atoms with Gasteiger partial charge in [0.05, 0.1) is 0 Å². The lowest BCUT2D eigenvalue weighted by Gasteiger charge is -2.13. The van der Waals surface area contributed by atoms with Crippen molar-refractivity contribution in [2.75, 3.05) is 13.2 Å². The van der Waals surface area contributed by atoms with Gasteiger partial charge in [-0.1, -0.05) is 30.3 Å². The second kappa shape index (κ2) is 8.92. The molecular formula is C15H15F4NO3. The first kappa shape index (κ1) is 18.7. The molecule has 0 heterocycles. The van der Waals surface area contributed by atoms with E-state index in [0.717, 1.165) is 11.6 Å². The molecule has 126 valence electrons. The third kappa shape index (κ3) is 7.44. The van der Waals surface area contributed by atoms with E-state index in [1.54, 1.807) is 0 Å². The zero-order chi connectivity index (χ0) is 17.3. The molecule has 0 saturated heterocycles. The second-order valence-corrected chi connectivity index (χ2v) is 4.53. The van der Waals surface area contributed by atoms with Crippen LogP contribution in [0.5, 0.6) is 0 Å². The van der Waals surface area contributed by atoms with E-state index >= 15 is 0 Å². The van der Waals surface area contributed by atoms with Crippen LogP contribution in [-0.4, -0.2) is 37.4 Å². The lowest BCUT2D eigenvalue weighted by atomic mass is 10.1. The maximum atomic E-state index is 12.5. The number of ether oxygens (including phenoxy) is 1. The average molecular weight is 333 g/mol. The van der Waals surface area contributed by atoms with Crippen LogP contribution in [0, 0.1) is 0 Å². The molecule has 1 N–H and O–H groups in total. The first-order valence-corrected chi connectivity index (χ1v) is 6.64. The van der Waals surface area contributed by atoms with Crippen LogP contribution in [0.3, 0.4) is 0 Å². The number of amides is 1. The molecule has 0 aromatic heterocycles. The quantitative estimate of drug-likeness (QED) is 0.451. The fourth-order valence-electron chi connectivity index (χ4n) is 1.46. The lowest BCUT2D eigenvalue weighted by Crippen LogP contribution is -2.33. The van der Waals surface area contributed by atoms with E-state index in [9.17, 15) is 27.2 Å². The van der Waals surface area contributed by atoms with Crippen LogP contribution in [0.4, 0.5) is 17.6 Å². The Balaban J connectivity index is 2.27. The fraction of sp³-hybridized carbons (Fsp3) is 0.333.